The molecule has 0 spiro atoms. The van der Waals surface area contributed by atoms with Crippen LogP contribution >= 0.6 is 0 Å². The van der Waals surface area contributed by atoms with Gasteiger partial charge in [-0.15, -0.1) is 0 Å². The second-order valence-corrected chi connectivity index (χ2v) is 7.82. The summed E-state index contributed by atoms with van der Waals surface area (Å²) >= 11 is 0. The first-order valence-electron chi connectivity index (χ1n) is 10.2. The van der Waals surface area contributed by atoms with Gasteiger partial charge in [-0.3, -0.25) is 14.4 Å². The third kappa shape index (κ3) is 5.53. The number of amides is 2. The standard InChI is InChI=1S/C24H28N2O3/c1-16-5-3-4-6-21(16)15-25-23(28)19-7-9-20(10-8-19)24(29)26-22-13-11-18(12-14-22)17(2)27/h3-6,11-14,19-20H,7-10,15H2,1-2H3,(H,25,28)(H,26,29). The predicted octanol–water partition coefficient (Wildman–Crippen LogP) is 4.26. The summed E-state index contributed by atoms with van der Waals surface area (Å²) in [6.45, 7) is 4.10. The average molecular weight is 392 g/mol. The van der Waals surface area contributed by atoms with E-state index in [0.717, 1.165) is 18.4 Å². The van der Waals surface area contributed by atoms with Gasteiger partial charge in [0.2, 0.25) is 11.8 Å². The second kappa shape index (κ2) is 9.50. The Labute approximate surface area is 171 Å². The topological polar surface area (TPSA) is 75.3 Å². The van der Waals surface area contributed by atoms with Crippen molar-refractivity contribution in [2.45, 2.75) is 46.1 Å². The minimum absolute atomic E-state index is 0.00176. The number of aryl methyl sites for hydroxylation is 1. The summed E-state index contributed by atoms with van der Waals surface area (Å²) < 4.78 is 0. The summed E-state index contributed by atoms with van der Waals surface area (Å²) in [5, 5.41) is 5.96. The van der Waals surface area contributed by atoms with Crippen LogP contribution < -0.4 is 10.6 Å². The smallest absolute Gasteiger partial charge is 0.227 e. The molecular formula is C24H28N2O3. The molecule has 5 nitrogen and oxygen atoms in total. The normalized spacial score (nSPS) is 18.7. The van der Waals surface area contributed by atoms with Crippen molar-refractivity contribution in [2.75, 3.05) is 5.32 Å². The summed E-state index contributed by atoms with van der Waals surface area (Å²) in [5.74, 6) is -0.0472. The van der Waals surface area contributed by atoms with Gasteiger partial charge in [0.05, 0.1) is 0 Å². The van der Waals surface area contributed by atoms with Crippen LogP contribution in [0.4, 0.5) is 5.69 Å². The van der Waals surface area contributed by atoms with Crippen LogP contribution in [0.2, 0.25) is 0 Å². The van der Waals surface area contributed by atoms with E-state index in [0.29, 0.717) is 30.6 Å². The first-order valence-corrected chi connectivity index (χ1v) is 10.2. The zero-order chi connectivity index (χ0) is 20.8. The largest absolute Gasteiger partial charge is 0.352 e. The average Bonchev–Trinajstić information content (AvgIpc) is 2.73. The Morgan fingerprint density at radius 3 is 2.03 bits per heavy atom. The Bertz CT molecular complexity index is 881. The van der Waals surface area contributed by atoms with Crippen LogP contribution in [0.1, 0.15) is 54.1 Å². The van der Waals surface area contributed by atoms with Gasteiger partial charge in [0, 0.05) is 29.6 Å². The van der Waals surface area contributed by atoms with Gasteiger partial charge in [-0.05, 0) is 74.9 Å². The van der Waals surface area contributed by atoms with E-state index in [-0.39, 0.29) is 29.4 Å². The number of rotatable bonds is 6. The quantitative estimate of drug-likeness (QED) is 0.721. The molecule has 2 N–H and O–H groups in total. The summed E-state index contributed by atoms with van der Waals surface area (Å²) in [7, 11) is 0. The van der Waals surface area contributed by atoms with Gasteiger partial charge < -0.3 is 10.6 Å². The summed E-state index contributed by atoms with van der Waals surface area (Å²) in [5.41, 5.74) is 3.62. The molecule has 0 aliphatic heterocycles. The van der Waals surface area contributed by atoms with E-state index in [2.05, 4.69) is 10.6 Å². The van der Waals surface area contributed by atoms with Crippen LogP contribution in [0.3, 0.4) is 0 Å². The molecule has 0 bridgehead atoms. The Morgan fingerprint density at radius 2 is 1.45 bits per heavy atom. The van der Waals surface area contributed by atoms with E-state index < -0.39 is 0 Å². The lowest BCUT2D eigenvalue weighted by Crippen LogP contribution is -2.35. The summed E-state index contributed by atoms with van der Waals surface area (Å²) in [4.78, 5) is 36.4. The van der Waals surface area contributed by atoms with Crippen LogP contribution in [0, 0.1) is 18.8 Å². The van der Waals surface area contributed by atoms with Gasteiger partial charge in [0.25, 0.3) is 0 Å². The number of benzene rings is 2. The molecule has 0 aromatic heterocycles. The van der Waals surface area contributed by atoms with Crippen LogP contribution in [-0.2, 0) is 16.1 Å². The van der Waals surface area contributed by atoms with E-state index in [1.165, 1.54) is 12.5 Å². The molecule has 1 aliphatic rings. The molecule has 3 rings (SSSR count). The predicted molar refractivity (Wildman–Crippen MR) is 114 cm³/mol. The minimum Gasteiger partial charge on any atom is -0.352 e. The fourth-order valence-corrected chi connectivity index (χ4v) is 3.79. The molecule has 0 heterocycles. The molecule has 1 saturated carbocycles. The Morgan fingerprint density at radius 1 is 0.862 bits per heavy atom. The van der Waals surface area contributed by atoms with Crippen molar-refractivity contribution in [3.8, 4) is 0 Å². The van der Waals surface area contributed by atoms with Gasteiger partial charge in [-0.25, -0.2) is 0 Å². The summed E-state index contributed by atoms with van der Waals surface area (Å²) in [6.07, 6.45) is 2.86. The lowest BCUT2D eigenvalue weighted by molar-refractivity contribution is -0.128. The zero-order valence-electron chi connectivity index (χ0n) is 17.0. The number of nitrogens with one attached hydrogen (secondary N) is 2. The molecule has 152 valence electrons. The number of hydrogen-bond donors (Lipinski definition) is 2. The molecule has 29 heavy (non-hydrogen) atoms. The van der Waals surface area contributed by atoms with Crippen molar-refractivity contribution >= 4 is 23.3 Å². The number of Topliss-reactive ketones (excluding diaryl/α,β-unsaturated/α-hetero) is 1. The molecule has 0 radical (unpaired) electrons. The number of carbonyl (C=O) groups excluding carboxylic acids is 3. The molecule has 1 aliphatic carbocycles. The number of anilines is 1. The molecule has 2 aromatic rings. The molecule has 2 aromatic carbocycles. The van der Waals surface area contributed by atoms with Crippen LogP contribution in [0.15, 0.2) is 48.5 Å². The van der Waals surface area contributed by atoms with Crippen LogP contribution in [-0.4, -0.2) is 17.6 Å². The lowest BCUT2D eigenvalue weighted by Gasteiger charge is -2.27. The lowest BCUT2D eigenvalue weighted by atomic mass is 9.81. The number of carbonyl (C=O) groups is 3. The van der Waals surface area contributed by atoms with Gasteiger partial charge in [-0.1, -0.05) is 24.3 Å². The highest BCUT2D eigenvalue weighted by molar-refractivity contribution is 5.96. The highest BCUT2D eigenvalue weighted by Crippen LogP contribution is 2.30. The Kier molecular flexibility index (Phi) is 6.81. The zero-order valence-corrected chi connectivity index (χ0v) is 17.0. The molecule has 5 heteroatoms. The van der Waals surface area contributed by atoms with E-state index in [1.54, 1.807) is 24.3 Å². The second-order valence-electron chi connectivity index (χ2n) is 7.82. The first kappa shape index (κ1) is 20.8. The highest BCUT2D eigenvalue weighted by Gasteiger charge is 2.29. The first-order chi connectivity index (χ1) is 13.9. The third-order valence-corrected chi connectivity index (χ3v) is 5.74. The molecular weight excluding hydrogens is 364 g/mol. The Hall–Kier alpha value is -2.95. The fourth-order valence-electron chi connectivity index (χ4n) is 3.79. The van der Waals surface area contributed by atoms with Crippen molar-refractivity contribution in [2.24, 2.45) is 11.8 Å². The highest BCUT2D eigenvalue weighted by atomic mass is 16.2. The monoisotopic (exact) mass is 392 g/mol. The fraction of sp³-hybridized carbons (Fsp3) is 0.375. The number of ketones is 1. The van der Waals surface area contributed by atoms with Gasteiger partial charge in [-0.2, -0.15) is 0 Å². The van der Waals surface area contributed by atoms with Crippen molar-refractivity contribution in [1.82, 2.24) is 5.32 Å². The molecule has 0 unspecified atom stereocenters. The third-order valence-electron chi connectivity index (χ3n) is 5.74. The number of hydrogen-bond acceptors (Lipinski definition) is 3. The van der Waals surface area contributed by atoms with Crippen molar-refractivity contribution in [3.63, 3.8) is 0 Å². The molecule has 2 amide bonds. The maximum absolute atomic E-state index is 12.5. The van der Waals surface area contributed by atoms with E-state index in [1.807, 2.05) is 31.2 Å². The van der Waals surface area contributed by atoms with E-state index >= 15 is 0 Å². The summed E-state index contributed by atoms with van der Waals surface area (Å²) in [6, 6.07) is 15.0. The maximum atomic E-state index is 12.5. The van der Waals surface area contributed by atoms with Gasteiger partial charge in [0.1, 0.15) is 0 Å². The molecule has 0 atom stereocenters. The van der Waals surface area contributed by atoms with Gasteiger partial charge in [0.15, 0.2) is 5.78 Å². The molecule has 1 fully saturated rings. The molecule has 0 saturated heterocycles. The van der Waals surface area contributed by atoms with E-state index in [4.69, 9.17) is 0 Å². The van der Waals surface area contributed by atoms with Crippen LogP contribution in [0.25, 0.3) is 0 Å². The Balaban J connectivity index is 1.45. The van der Waals surface area contributed by atoms with Crippen molar-refractivity contribution < 1.29 is 14.4 Å². The van der Waals surface area contributed by atoms with Crippen LogP contribution in [0.5, 0.6) is 0 Å². The van der Waals surface area contributed by atoms with Crippen molar-refractivity contribution in [1.29, 1.82) is 0 Å². The maximum Gasteiger partial charge on any atom is 0.227 e. The minimum atomic E-state index is -0.0806. The SMILES string of the molecule is CC(=O)c1ccc(NC(=O)C2CCC(C(=O)NCc3ccccc3C)CC2)cc1. The van der Waals surface area contributed by atoms with E-state index in [9.17, 15) is 14.4 Å². The van der Waals surface area contributed by atoms with Crippen molar-refractivity contribution in [3.05, 3.63) is 65.2 Å². The van der Waals surface area contributed by atoms with Gasteiger partial charge >= 0.3 is 0 Å².